The molecule has 0 radical (unpaired) electrons. The summed E-state index contributed by atoms with van der Waals surface area (Å²) in [6.45, 7) is 2.05. The molecule has 0 aliphatic carbocycles. The van der Waals surface area contributed by atoms with Gasteiger partial charge in [0.15, 0.2) is 6.79 Å². The summed E-state index contributed by atoms with van der Waals surface area (Å²) in [5.74, 6) is 0.496. The zero-order valence-electron chi connectivity index (χ0n) is 10.1. The summed E-state index contributed by atoms with van der Waals surface area (Å²) in [6.07, 6.45) is 0. The van der Waals surface area contributed by atoms with E-state index in [-0.39, 0.29) is 6.79 Å². The average molecular weight is 244 g/mol. The van der Waals surface area contributed by atoms with Gasteiger partial charge in [-0.05, 0) is 13.0 Å². The Balaban J connectivity index is 2.33. The van der Waals surface area contributed by atoms with Gasteiger partial charge in [-0.1, -0.05) is 23.4 Å². The molecule has 0 saturated heterocycles. The number of hydrogen-bond acceptors (Lipinski definition) is 5. The molecule has 0 N–H and O–H groups in total. The van der Waals surface area contributed by atoms with Crippen LogP contribution >= 0.6 is 0 Å². The second-order valence-electron chi connectivity index (χ2n) is 3.96. The van der Waals surface area contributed by atoms with E-state index in [0.29, 0.717) is 11.6 Å². The summed E-state index contributed by atoms with van der Waals surface area (Å²) >= 11 is 0. The van der Waals surface area contributed by atoms with Crippen LogP contribution in [0.5, 0.6) is 5.88 Å². The number of pyridine rings is 1. The molecule has 0 aliphatic heterocycles. The predicted octanol–water partition coefficient (Wildman–Crippen LogP) is 2.67. The second kappa shape index (κ2) is 4.27. The van der Waals surface area contributed by atoms with Crippen LogP contribution in [0.3, 0.4) is 0 Å². The summed E-state index contributed by atoms with van der Waals surface area (Å²) in [4.78, 5) is 4.33. The summed E-state index contributed by atoms with van der Waals surface area (Å²) in [5.41, 5.74) is 1.31. The highest BCUT2D eigenvalue weighted by molar-refractivity contribution is 6.07. The van der Waals surface area contributed by atoms with E-state index in [0.717, 1.165) is 21.9 Å². The first kappa shape index (κ1) is 11.0. The molecule has 0 saturated carbocycles. The number of ether oxygens (including phenoxy) is 2. The molecule has 18 heavy (non-hydrogen) atoms. The molecular formula is C13H12N2O3. The lowest BCUT2D eigenvalue weighted by atomic mass is 10.1. The minimum atomic E-state index is 0.148. The molecule has 0 aliphatic rings. The van der Waals surface area contributed by atoms with Gasteiger partial charge >= 0.3 is 0 Å². The lowest BCUT2D eigenvalue weighted by Gasteiger charge is -2.07. The Morgan fingerprint density at radius 2 is 2.00 bits per heavy atom. The zero-order chi connectivity index (χ0) is 12.5. The third kappa shape index (κ3) is 1.60. The highest BCUT2D eigenvalue weighted by Gasteiger charge is 2.14. The fraction of sp³-hybridized carbons (Fsp3) is 0.231. The number of aromatic nitrogens is 2. The first-order valence-electron chi connectivity index (χ1n) is 5.57. The molecular weight excluding hydrogens is 232 g/mol. The van der Waals surface area contributed by atoms with Gasteiger partial charge < -0.3 is 14.0 Å². The molecule has 0 bridgehead atoms. The van der Waals surface area contributed by atoms with Crippen molar-refractivity contribution in [2.45, 2.75) is 6.92 Å². The fourth-order valence-electron chi connectivity index (χ4n) is 2.01. The van der Waals surface area contributed by atoms with Gasteiger partial charge in [0.05, 0.1) is 11.1 Å². The van der Waals surface area contributed by atoms with Crippen molar-refractivity contribution in [1.82, 2.24) is 10.1 Å². The van der Waals surface area contributed by atoms with Crippen LogP contribution in [0, 0.1) is 6.92 Å². The van der Waals surface area contributed by atoms with Crippen molar-refractivity contribution >= 4 is 21.9 Å². The normalized spacial score (nSPS) is 11.2. The maximum absolute atomic E-state index is 5.46. The van der Waals surface area contributed by atoms with Crippen LogP contribution < -0.4 is 4.74 Å². The van der Waals surface area contributed by atoms with Crippen molar-refractivity contribution in [3.05, 3.63) is 30.0 Å². The Hall–Kier alpha value is -2.14. The monoisotopic (exact) mass is 244 g/mol. The molecule has 0 spiro atoms. The number of rotatable bonds is 3. The summed E-state index contributed by atoms with van der Waals surface area (Å²) < 4.78 is 15.6. The quantitative estimate of drug-likeness (QED) is 0.663. The van der Waals surface area contributed by atoms with Crippen LogP contribution in [0.25, 0.3) is 21.9 Å². The molecule has 3 rings (SSSR count). The topological polar surface area (TPSA) is 57.4 Å². The first-order valence-corrected chi connectivity index (χ1v) is 5.57. The number of fused-ring (bicyclic) bond motifs is 3. The van der Waals surface area contributed by atoms with Crippen molar-refractivity contribution in [3.8, 4) is 5.88 Å². The van der Waals surface area contributed by atoms with Gasteiger partial charge in [0.2, 0.25) is 5.88 Å². The largest absolute Gasteiger partial charge is 0.450 e. The van der Waals surface area contributed by atoms with Crippen LogP contribution in [0.15, 0.2) is 28.8 Å². The Labute approximate surface area is 103 Å². The molecule has 5 nitrogen and oxygen atoms in total. The van der Waals surface area contributed by atoms with Crippen molar-refractivity contribution in [1.29, 1.82) is 0 Å². The van der Waals surface area contributed by atoms with Gasteiger partial charge in [0.1, 0.15) is 0 Å². The Bertz CT molecular complexity index is 706. The summed E-state index contributed by atoms with van der Waals surface area (Å²) in [5, 5.41) is 6.81. The first-order chi connectivity index (χ1) is 8.81. The van der Waals surface area contributed by atoms with Crippen molar-refractivity contribution in [2.75, 3.05) is 13.9 Å². The Kier molecular flexibility index (Phi) is 2.60. The number of methoxy groups -OCH3 is 1. The van der Waals surface area contributed by atoms with Crippen molar-refractivity contribution in [3.63, 3.8) is 0 Å². The standard InChI is InChI=1S/C13H12N2O3/c1-8-11-9-5-3-4-6-10(9)12(17-7-16-2)14-13(11)18-15-8/h3-6H,7H2,1-2H3. The van der Waals surface area contributed by atoms with E-state index in [1.807, 2.05) is 31.2 Å². The highest BCUT2D eigenvalue weighted by Crippen LogP contribution is 2.32. The molecule has 92 valence electrons. The van der Waals surface area contributed by atoms with E-state index in [2.05, 4.69) is 10.1 Å². The maximum Gasteiger partial charge on any atom is 0.261 e. The second-order valence-corrected chi connectivity index (χ2v) is 3.96. The van der Waals surface area contributed by atoms with Crippen LogP contribution in [-0.2, 0) is 4.74 Å². The molecule has 5 heteroatoms. The number of hydrogen-bond donors (Lipinski definition) is 0. The maximum atomic E-state index is 5.46. The van der Waals surface area contributed by atoms with Crippen molar-refractivity contribution < 1.29 is 14.0 Å². The van der Waals surface area contributed by atoms with E-state index in [1.54, 1.807) is 7.11 Å². The summed E-state index contributed by atoms with van der Waals surface area (Å²) in [6, 6.07) is 7.87. The van der Waals surface area contributed by atoms with E-state index >= 15 is 0 Å². The van der Waals surface area contributed by atoms with Crippen LogP contribution in [0.4, 0.5) is 0 Å². The average Bonchev–Trinajstić information content (AvgIpc) is 2.78. The number of aryl methyl sites for hydroxylation is 1. The number of nitrogens with zero attached hydrogens (tertiary/aromatic N) is 2. The SMILES string of the molecule is COCOc1nc2onc(C)c2c2ccccc12. The van der Waals surface area contributed by atoms with E-state index in [4.69, 9.17) is 14.0 Å². The zero-order valence-corrected chi connectivity index (χ0v) is 10.1. The molecule has 0 fully saturated rings. The third-order valence-electron chi connectivity index (χ3n) is 2.79. The minimum absolute atomic E-state index is 0.148. The number of benzene rings is 1. The third-order valence-corrected chi connectivity index (χ3v) is 2.79. The van der Waals surface area contributed by atoms with E-state index in [9.17, 15) is 0 Å². The highest BCUT2D eigenvalue weighted by atomic mass is 16.7. The molecule has 3 aromatic rings. The van der Waals surface area contributed by atoms with E-state index in [1.165, 1.54) is 0 Å². The van der Waals surface area contributed by atoms with Gasteiger partial charge in [0.25, 0.3) is 5.71 Å². The van der Waals surface area contributed by atoms with Gasteiger partial charge in [0, 0.05) is 17.9 Å². The smallest absolute Gasteiger partial charge is 0.261 e. The molecule has 2 heterocycles. The molecule has 0 atom stereocenters. The van der Waals surface area contributed by atoms with Crippen LogP contribution in [-0.4, -0.2) is 24.0 Å². The van der Waals surface area contributed by atoms with Gasteiger partial charge in [-0.3, -0.25) is 0 Å². The Morgan fingerprint density at radius 1 is 1.22 bits per heavy atom. The van der Waals surface area contributed by atoms with Crippen LogP contribution in [0.2, 0.25) is 0 Å². The lowest BCUT2D eigenvalue weighted by Crippen LogP contribution is -2.01. The van der Waals surface area contributed by atoms with Gasteiger partial charge in [-0.15, -0.1) is 0 Å². The Morgan fingerprint density at radius 3 is 2.78 bits per heavy atom. The molecule has 1 aromatic carbocycles. The molecule has 2 aromatic heterocycles. The summed E-state index contributed by atoms with van der Waals surface area (Å²) in [7, 11) is 1.57. The van der Waals surface area contributed by atoms with E-state index < -0.39 is 0 Å². The van der Waals surface area contributed by atoms with Gasteiger partial charge in [-0.25, -0.2) is 0 Å². The molecule has 0 amide bonds. The van der Waals surface area contributed by atoms with Crippen LogP contribution in [0.1, 0.15) is 5.69 Å². The minimum Gasteiger partial charge on any atom is -0.450 e. The lowest BCUT2D eigenvalue weighted by molar-refractivity contribution is 0.0491. The van der Waals surface area contributed by atoms with Crippen molar-refractivity contribution in [2.24, 2.45) is 0 Å². The fourth-order valence-corrected chi connectivity index (χ4v) is 2.01. The van der Waals surface area contributed by atoms with Gasteiger partial charge in [-0.2, -0.15) is 4.98 Å². The predicted molar refractivity (Wildman–Crippen MR) is 66.6 cm³/mol. The molecule has 0 unspecified atom stereocenters.